The van der Waals surface area contributed by atoms with E-state index in [2.05, 4.69) is 29.4 Å². The van der Waals surface area contributed by atoms with E-state index in [4.69, 9.17) is 4.74 Å². The largest absolute Gasteiger partial charge is 0.382 e. The van der Waals surface area contributed by atoms with Crippen LogP contribution in [0.5, 0.6) is 0 Å². The van der Waals surface area contributed by atoms with Gasteiger partial charge in [-0.05, 0) is 24.1 Å². The first-order valence-electron chi connectivity index (χ1n) is 6.02. The van der Waals surface area contributed by atoms with Crippen LogP contribution in [0.1, 0.15) is 17.2 Å². The monoisotopic (exact) mass is 242 g/mol. The molecule has 18 heavy (non-hydrogen) atoms. The number of rotatable bonds is 5. The lowest BCUT2D eigenvalue weighted by molar-refractivity contribution is 0.186. The van der Waals surface area contributed by atoms with Crippen LogP contribution in [0.25, 0.3) is 0 Å². The van der Waals surface area contributed by atoms with E-state index < -0.39 is 0 Å². The van der Waals surface area contributed by atoms with Crippen LogP contribution in [-0.4, -0.2) is 18.7 Å². The number of hydrogen-bond donors (Lipinski definition) is 1. The molecule has 0 saturated heterocycles. The molecule has 3 nitrogen and oxygen atoms in total. The number of aryl methyl sites for hydroxylation is 1. The maximum absolute atomic E-state index is 5.29. The van der Waals surface area contributed by atoms with Gasteiger partial charge in [0.25, 0.3) is 0 Å². The molecule has 1 N–H and O–H groups in total. The normalized spacial score (nSPS) is 12.1. The van der Waals surface area contributed by atoms with Gasteiger partial charge in [0.15, 0.2) is 0 Å². The van der Waals surface area contributed by atoms with Crippen LogP contribution < -0.4 is 5.32 Å². The summed E-state index contributed by atoms with van der Waals surface area (Å²) in [6.07, 6.45) is 3.65. The van der Waals surface area contributed by atoms with Gasteiger partial charge in [-0.15, -0.1) is 0 Å². The van der Waals surface area contributed by atoms with E-state index in [0.717, 1.165) is 5.69 Å². The number of nitrogens with one attached hydrogen (secondary N) is 1. The van der Waals surface area contributed by atoms with Gasteiger partial charge >= 0.3 is 0 Å². The molecule has 0 aliphatic heterocycles. The van der Waals surface area contributed by atoms with Gasteiger partial charge in [0.1, 0.15) is 0 Å². The van der Waals surface area contributed by atoms with Crippen LogP contribution >= 0.6 is 0 Å². The van der Waals surface area contributed by atoms with Gasteiger partial charge in [0.2, 0.25) is 0 Å². The zero-order valence-electron chi connectivity index (χ0n) is 10.8. The molecule has 1 aromatic carbocycles. The van der Waals surface area contributed by atoms with Gasteiger partial charge in [-0.1, -0.05) is 30.3 Å². The van der Waals surface area contributed by atoms with Crippen molar-refractivity contribution in [2.45, 2.75) is 13.0 Å². The SMILES string of the molecule is COCC(Nc1cnccc1C)c1ccccc1. The van der Waals surface area contributed by atoms with Crippen molar-refractivity contribution in [1.29, 1.82) is 0 Å². The molecule has 0 radical (unpaired) electrons. The maximum atomic E-state index is 5.29. The van der Waals surface area contributed by atoms with Crippen LogP contribution in [0.4, 0.5) is 5.69 Å². The van der Waals surface area contributed by atoms with E-state index in [-0.39, 0.29) is 6.04 Å². The van der Waals surface area contributed by atoms with Crippen LogP contribution in [0.15, 0.2) is 48.8 Å². The Morgan fingerprint density at radius 2 is 2.00 bits per heavy atom. The first-order chi connectivity index (χ1) is 8.81. The second-order valence-electron chi connectivity index (χ2n) is 4.25. The summed E-state index contributed by atoms with van der Waals surface area (Å²) in [6.45, 7) is 2.69. The Hall–Kier alpha value is -1.87. The Balaban J connectivity index is 2.19. The topological polar surface area (TPSA) is 34.1 Å². The second-order valence-corrected chi connectivity index (χ2v) is 4.25. The number of ether oxygens (including phenoxy) is 1. The Labute approximate surface area is 108 Å². The minimum Gasteiger partial charge on any atom is -0.382 e. The Morgan fingerprint density at radius 3 is 2.67 bits per heavy atom. The fraction of sp³-hybridized carbons (Fsp3) is 0.267. The smallest absolute Gasteiger partial charge is 0.0748 e. The van der Waals surface area contributed by atoms with E-state index >= 15 is 0 Å². The highest BCUT2D eigenvalue weighted by molar-refractivity contribution is 5.50. The molecule has 0 aliphatic rings. The molecule has 0 fully saturated rings. The third-order valence-corrected chi connectivity index (χ3v) is 2.90. The van der Waals surface area contributed by atoms with E-state index in [1.54, 1.807) is 13.3 Å². The van der Waals surface area contributed by atoms with Gasteiger partial charge in [0, 0.05) is 13.3 Å². The minimum atomic E-state index is 0.138. The number of benzene rings is 1. The summed E-state index contributed by atoms with van der Waals surface area (Å²) in [5.74, 6) is 0. The van der Waals surface area contributed by atoms with Crippen LogP contribution in [0, 0.1) is 6.92 Å². The predicted octanol–water partition coefficient (Wildman–Crippen LogP) is 3.19. The fourth-order valence-electron chi connectivity index (χ4n) is 1.88. The van der Waals surface area contributed by atoms with Crippen molar-refractivity contribution in [3.8, 4) is 0 Å². The number of pyridine rings is 1. The highest BCUT2D eigenvalue weighted by Gasteiger charge is 2.11. The van der Waals surface area contributed by atoms with Crippen molar-refractivity contribution in [3.05, 3.63) is 59.9 Å². The summed E-state index contributed by atoms with van der Waals surface area (Å²) in [6, 6.07) is 12.4. The highest BCUT2D eigenvalue weighted by atomic mass is 16.5. The first-order valence-corrected chi connectivity index (χ1v) is 6.02. The molecular formula is C15H18N2O. The van der Waals surface area contributed by atoms with E-state index in [0.29, 0.717) is 6.61 Å². The Kier molecular flexibility index (Phi) is 4.31. The molecule has 0 aliphatic carbocycles. The molecule has 1 unspecified atom stereocenters. The molecule has 94 valence electrons. The third-order valence-electron chi connectivity index (χ3n) is 2.90. The molecule has 2 rings (SSSR count). The number of anilines is 1. The van der Waals surface area contributed by atoms with Crippen molar-refractivity contribution >= 4 is 5.69 Å². The van der Waals surface area contributed by atoms with Gasteiger partial charge < -0.3 is 10.1 Å². The van der Waals surface area contributed by atoms with Gasteiger partial charge in [-0.3, -0.25) is 4.98 Å². The van der Waals surface area contributed by atoms with Crippen LogP contribution in [-0.2, 0) is 4.74 Å². The molecule has 0 bridgehead atoms. The average Bonchev–Trinajstić information content (AvgIpc) is 2.42. The van der Waals surface area contributed by atoms with Crippen molar-refractivity contribution in [2.75, 3.05) is 19.0 Å². The van der Waals surface area contributed by atoms with Crippen molar-refractivity contribution < 1.29 is 4.74 Å². The molecule has 0 saturated carbocycles. The lowest BCUT2D eigenvalue weighted by atomic mass is 10.1. The maximum Gasteiger partial charge on any atom is 0.0748 e. The third kappa shape index (κ3) is 3.08. The lowest BCUT2D eigenvalue weighted by Gasteiger charge is -2.20. The lowest BCUT2D eigenvalue weighted by Crippen LogP contribution is -2.16. The van der Waals surface area contributed by atoms with Crippen molar-refractivity contribution in [3.63, 3.8) is 0 Å². The number of nitrogens with zero attached hydrogens (tertiary/aromatic N) is 1. The molecule has 1 heterocycles. The predicted molar refractivity (Wildman–Crippen MR) is 73.7 cm³/mol. The summed E-state index contributed by atoms with van der Waals surface area (Å²) in [4.78, 5) is 4.15. The van der Waals surface area contributed by atoms with Gasteiger partial charge in [-0.25, -0.2) is 0 Å². The van der Waals surface area contributed by atoms with Crippen LogP contribution in [0.3, 0.4) is 0 Å². The average molecular weight is 242 g/mol. The number of methoxy groups -OCH3 is 1. The summed E-state index contributed by atoms with van der Waals surface area (Å²) in [5.41, 5.74) is 3.44. The standard InChI is InChI=1S/C15H18N2O/c1-12-8-9-16-10-14(12)17-15(11-18-2)13-6-4-3-5-7-13/h3-10,15,17H,11H2,1-2H3. The second kappa shape index (κ2) is 6.17. The molecule has 0 spiro atoms. The fourth-order valence-corrected chi connectivity index (χ4v) is 1.88. The van der Waals surface area contributed by atoms with E-state index in [1.165, 1.54) is 11.1 Å². The molecular weight excluding hydrogens is 224 g/mol. The van der Waals surface area contributed by atoms with Gasteiger partial charge in [0.05, 0.1) is 24.5 Å². The summed E-state index contributed by atoms with van der Waals surface area (Å²) >= 11 is 0. The Morgan fingerprint density at radius 1 is 1.22 bits per heavy atom. The zero-order chi connectivity index (χ0) is 12.8. The summed E-state index contributed by atoms with van der Waals surface area (Å²) in [7, 11) is 1.72. The van der Waals surface area contributed by atoms with Crippen molar-refractivity contribution in [1.82, 2.24) is 4.98 Å². The minimum absolute atomic E-state index is 0.138. The van der Waals surface area contributed by atoms with Crippen LogP contribution in [0.2, 0.25) is 0 Å². The van der Waals surface area contributed by atoms with Crippen molar-refractivity contribution in [2.24, 2.45) is 0 Å². The highest BCUT2D eigenvalue weighted by Crippen LogP contribution is 2.21. The molecule has 0 amide bonds. The van der Waals surface area contributed by atoms with Gasteiger partial charge in [-0.2, -0.15) is 0 Å². The molecule has 2 aromatic rings. The van der Waals surface area contributed by atoms with E-state index in [9.17, 15) is 0 Å². The first kappa shape index (κ1) is 12.6. The Bertz CT molecular complexity index is 485. The molecule has 3 heteroatoms. The molecule has 1 atom stereocenters. The number of aromatic nitrogens is 1. The quantitative estimate of drug-likeness (QED) is 0.874. The zero-order valence-corrected chi connectivity index (χ0v) is 10.8. The van der Waals surface area contributed by atoms with E-state index in [1.807, 2.05) is 30.5 Å². The summed E-state index contributed by atoms with van der Waals surface area (Å²) in [5, 5.41) is 3.48. The summed E-state index contributed by atoms with van der Waals surface area (Å²) < 4.78 is 5.29. The number of hydrogen-bond acceptors (Lipinski definition) is 3. The molecule has 1 aromatic heterocycles.